The highest BCUT2D eigenvalue weighted by Gasteiger charge is 2.27. The Morgan fingerprint density at radius 3 is 1.53 bits per heavy atom. The summed E-state index contributed by atoms with van der Waals surface area (Å²) < 4.78 is 0. The van der Waals surface area contributed by atoms with Gasteiger partial charge in [-0.1, -0.05) is 78.9 Å². The minimum atomic E-state index is -0.0539. The molecule has 0 atom stereocenters. The van der Waals surface area contributed by atoms with E-state index in [4.69, 9.17) is 9.97 Å². The molecule has 0 radical (unpaired) electrons. The third kappa shape index (κ3) is 3.81. The Labute approximate surface area is 246 Å². The fourth-order valence-electron chi connectivity index (χ4n) is 5.86. The average molecular weight is 550 g/mol. The van der Waals surface area contributed by atoms with E-state index in [1.165, 1.54) is 0 Å². The van der Waals surface area contributed by atoms with Crippen molar-refractivity contribution in [2.75, 3.05) is 4.90 Å². The summed E-state index contributed by atoms with van der Waals surface area (Å²) in [4.78, 5) is 20.3. The van der Waals surface area contributed by atoms with Crippen LogP contribution < -0.4 is 4.90 Å². The largest absolute Gasteiger partial charge is 0.311 e. The van der Waals surface area contributed by atoms with Crippen LogP contribution in [0, 0.1) is 22.7 Å². The molecule has 0 saturated heterocycles. The summed E-state index contributed by atoms with van der Waals surface area (Å²) in [6, 6.07) is 43.6. The van der Waals surface area contributed by atoms with E-state index in [0.29, 0.717) is 11.4 Å². The Morgan fingerprint density at radius 1 is 0.465 bits per heavy atom. The number of fused-ring (bicyclic) bond motifs is 4. The molecule has 0 aliphatic heterocycles. The molecule has 0 saturated carbocycles. The monoisotopic (exact) mass is 549 g/mol. The molecule has 0 spiro atoms. The smallest absolute Gasteiger partial charge is 0.199 e. The van der Waals surface area contributed by atoms with Crippen LogP contribution in [0.3, 0.4) is 0 Å². The third-order valence-corrected chi connectivity index (χ3v) is 7.75. The van der Waals surface area contributed by atoms with Gasteiger partial charge in [-0.3, -0.25) is 0 Å². The van der Waals surface area contributed by atoms with Gasteiger partial charge in [0.15, 0.2) is 22.7 Å². The highest BCUT2D eigenvalue weighted by molar-refractivity contribution is 6.17. The summed E-state index contributed by atoms with van der Waals surface area (Å²) in [6.45, 7) is 0. The van der Waals surface area contributed by atoms with Gasteiger partial charge in [0.1, 0.15) is 12.1 Å². The van der Waals surface area contributed by atoms with Crippen LogP contribution in [0.25, 0.3) is 55.7 Å². The number of benzene rings is 5. The molecule has 2 heterocycles. The van der Waals surface area contributed by atoms with Crippen LogP contribution in [0.15, 0.2) is 115 Å². The van der Waals surface area contributed by atoms with E-state index in [1.807, 2.05) is 60.7 Å². The quantitative estimate of drug-likeness (QED) is 0.218. The first-order valence-electron chi connectivity index (χ1n) is 13.7. The second kappa shape index (κ2) is 9.59. The molecule has 5 aromatic carbocycles. The molecule has 8 rings (SSSR count). The summed E-state index contributed by atoms with van der Waals surface area (Å²) in [6.07, 6.45) is 0. The minimum absolute atomic E-state index is 0.0539. The second-order valence-electron chi connectivity index (χ2n) is 10.2. The van der Waals surface area contributed by atoms with Crippen molar-refractivity contribution in [2.45, 2.75) is 0 Å². The van der Waals surface area contributed by atoms with Crippen LogP contribution in [0.1, 0.15) is 11.4 Å². The molecule has 7 heteroatoms. The molecule has 7 nitrogen and oxygen atoms in total. The van der Waals surface area contributed by atoms with Gasteiger partial charge in [-0.15, -0.1) is 0 Å². The third-order valence-electron chi connectivity index (χ3n) is 7.75. The van der Waals surface area contributed by atoms with Gasteiger partial charge < -0.3 is 4.90 Å². The van der Waals surface area contributed by atoms with Gasteiger partial charge in [-0.25, -0.2) is 19.9 Å². The highest BCUT2D eigenvalue weighted by atomic mass is 15.1. The predicted octanol–water partition coefficient (Wildman–Crippen LogP) is 8.10. The lowest BCUT2D eigenvalue weighted by molar-refractivity contribution is 1.12. The van der Waals surface area contributed by atoms with Crippen LogP contribution in [-0.4, -0.2) is 19.9 Å². The van der Waals surface area contributed by atoms with Gasteiger partial charge in [0.25, 0.3) is 0 Å². The van der Waals surface area contributed by atoms with Crippen LogP contribution >= 0.6 is 0 Å². The lowest BCUT2D eigenvalue weighted by atomic mass is 9.94. The number of rotatable bonds is 4. The van der Waals surface area contributed by atoms with Crippen LogP contribution in [0.5, 0.6) is 0 Å². The van der Waals surface area contributed by atoms with Gasteiger partial charge in [0.05, 0.1) is 11.4 Å². The molecule has 0 bridgehead atoms. The van der Waals surface area contributed by atoms with E-state index in [9.17, 15) is 10.5 Å². The van der Waals surface area contributed by atoms with Crippen LogP contribution in [0.4, 0.5) is 17.1 Å². The maximum absolute atomic E-state index is 9.42. The molecule has 7 aromatic rings. The molecule has 0 fully saturated rings. The predicted molar refractivity (Wildman–Crippen MR) is 167 cm³/mol. The van der Waals surface area contributed by atoms with Crippen molar-refractivity contribution in [3.05, 3.63) is 127 Å². The Hall–Kier alpha value is -6.44. The Morgan fingerprint density at radius 2 is 0.977 bits per heavy atom. The van der Waals surface area contributed by atoms with E-state index in [-0.39, 0.29) is 22.7 Å². The molecule has 1 aliphatic rings. The maximum atomic E-state index is 9.42. The Balaban J connectivity index is 1.24. The molecule has 0 unspecified atom stereocenters. The first-order chi connectivity index (χ1) is 21.2. The van der Waals surface area contributed by atoms with Gasteiger partial charge in [-0.2, -0.15) is 10.5 Å². The average Bonchev–Trinajstić information content (AvgIpc) is 3.38. The van der Waals surface area contributed by atoms with Gasteiger partial charge >= 0.3 is 0 Å². The SMILES string of the molecule is N#Cc1nc2nc3c(nc2nc1C#N)-c1ccc(-c2ccc(N(c4ccccc4)c4ccccc4)cc2)c2cccc-3c12. The number of aromatic nitrogens is 4. The van der Waals surface area contributed by atoms with Gasteiger partial charge in [0, 0.05) is 33.6 Å². The van der Waals surface area contributed by atoms with E-state index in [1.54, 1.807) is 0 Å². The first kappa shape index (κ1) is 24.4. The van der Waals surface area contributed by atoms with Crippen LogP contribution in [0.2, 0.25) is 0 Å². The van der Waals surface area contributed by atoms with Crippen molar-refractivity contribution in [2.24, 2.45) is 0 Å². The van der Waals surface area contributed by atoms with Gasteiger partial charge in [-0.05, 0) is 52.9 Å². The van der Waals surface area contributed by atoms with Crippen LogP contribution in [-0.2, 0) is 0 Å². The van der Waals surface area contributed by atoms with E-state index >= 15 is 0 Å². The summed E-state index contributed by atoms with van der Waals surface area (Å²) in [5.74, 6) is 0. The lowest BCUT2D eigenvalue weighted by Gasteiger charge is -2.25. The molecular weight excluding hydrogens is 530 g/mol. The van der Waals surface area contributed by atoms with Crippen molar-refractivity contribution < 1.29 is 0 Å². The van der Waals surface area contributed by atoms with Crippen molar-refractivity contribution >= 4 is 39.1 Å². The molecule has 198 valence electrons. The fraction of sp³-hybridized carbons (Fsp3) is 0. The number of hydrogen-bond acceptors (Lipinski definition) is 7. The number of hydrogen-bond donors (Lipinski definition) is 0. The zero-order chi connectivity index (χ0) is 28.9. The maximum Gasteiger partial charge on any atom is 0.199 e. The molecule has 43 heavy (non-hydrogen) atoms. The summed E-state index contributed by atoms with van der Waals surface area (Å²) >= 11 is 0. The zero-order valence-corrected chi connectivity index (χ0v) is 22.6. The fourth-order valence-corrected chi connectivity index (χ4v) is 5.86. The van der Waals surface area contributed by atoms with Gasteiger partial charge in [0.2, 0.25) is 0 Å². The summed E-state index contributed by atoms with van der Waals surface area (Å²) in [7, 11) is 0. The summed E-state index contributed by atoms with van der Waals surface area (Å²) in [5.41, 5.74) is 9.13. The standard InChI is InChI=1S/C36H19N7/c37-20-30-31(21-38)40-36-35(39-30)41-33-28-13-7-12-27-26(18-19-29(32(27)28)34(33)42-36)22-14-16-25(17-15-22)43(23-8-3-1-4-9-23)24-10-5-2-6-11-24/h1-19H. The number of nitrogens with zero attached hydrogens (tertiary/aromatic N) is 7. The van der Waals surface area contributed by atoms with E-state index in [0.717, 1.165) is 50.1 Å². The molecule has 0 amide bonds. The topological polar surface area (TPSA) is 102 Å². The van der Waals surface area contributed by atoms with E-state index in [2.05, 4.69) is 81.6 Å². The zero-order valence-electron chi connectivity index (χ0n) is 22.6. The van der Waals surface area contributed by atoms with Crippen molar-refractivity contribution in [1.29, 1.82) is 10.5 Å². The van der Waals surface area contributed by atoms with Crippen molar-refractivity contribution in [1.82, 2.24) is 19.9 Å². The van der Waals surface area contributed by atoms with Crippen molar-refractivity contribution in [3.8, 4) is 45.8 Å². The number of anilines is 3. The molecular formula is C36H19N7. The summed E-state index contributed by atoms with van der Waals surface area (Å²) in [5, 5.41) is 21.0. The lowest BCUT2D eigenvalue weighted by Crippen LogP contribution is -2.09. The molecule has 2 aromatic heterocycles. The number of para-hydroxylation sites is 2. The molecule has 0 N–H and O–H groups in total. The second-order valence-corrected chi connectivity index (χ2v) is 10.2. The Bertz CT molecular complexity index is 2190. The Kier molecular flexibility index (Phi) is 5.43. The minimum Gasteiger partial charge on any atom is -0.311 e. The molecule has 1 aliphatic carbocycles. The number of nitriles is 2. The van der Waals surface area contributed by atoms with E-state index < -0.39 is 0 Å². The first-order valence-corrected chi connectivity index (χ1v) is 13.7. The normalized spacial score (nSPS) is 11.2. The van der Waals surface area contributed by atoms with Crippen molar-refractivity contribution in [3.63, 3.8) is 0 Å². The highest BCUT2D eigenvalue weighted by Crippen LogP contribution is 2.48.